The minimum atomic E-state index is 0.0210. The molecule has 0 spiro atoms. The third-order valence-electron chi connectivity index (χ3n) is 6.13. The summed E-state index contributed by atoms with van der Waals surface area (Å²) in [7, 11) is 0. The quantitative estimate of drug-likeness (QED) is 0.305. The zero-order chi connectivity index (χ0) is 23.5. The van der Waals surface area contributed by atoms with Gasteiger partial charge in [-0.05, 0) is 35.4 Å². The van der Waals surface area contributed by atoms with Gasteiger partial charge in [0.1, 0.15) is 25.3 Å². The van der Waals surface area contributed by atoms with Crippen molar-refractivity contribution in [2.45, 2.75) is 21.9 Å². The Balaban J connectivity index is 1.29. The molecule has 2 unspecified atom stereocenters. The molecule has 0 saturated heterocycles. The highest BCUT2D eigenvalue weighted by Crippen LogP contribution is 2.37. The van der Waals surface area contributed by atoms with Gasteiger partial charge in [-0.2, -0.15) is 0 Å². The van der Waals surface area contributed by atoms with Gasteiger partial charge in [0, 0.05) is 9.79 Å². The Morgan fingerprint density at radius 1 is 0.514 bits per heavy atom. The summed E-state index contributed by atoms with van der Waals surface area (Å²) in [6.45, 7) is 1.11. The maximum Gasteiger partial charge on any atom is 0.218 e. The molecule has 35 heavy (non-hydrogen) atoms. The van der Waals surface area contributed by atoms with Crippen LogP contribution in [0.25, 0.3) is 0 Å². The van der Waals surface area contributed by atoms with E-state index >= 15 is 0 Å². The van der Waals surface area contributed by atoms with E-state index < -0.39 is 0 Å². The first-order valence-corrected chi connectivity index (χ1v) is 12.5. The molecule has 5 heteroatoms. The number of aliphatic imine (C=N–C) groups is 2. The average molecular weight is 477 g/mol. The van der Waals surface area contributed by atoms with E-state index in [1.807, 2.05) is 60.7 Å². The van der Waals surface area contributed by atoms with Crippen LogP contribution in [0.1, 0.15) is 34.3 Å². The van der Waals surface area contributed by atoms with E-state index in [0.29, 0.717) is 25.0 Å². The van der Waals surface area contributed by atoms with E-state index in [-0.39, 0.29) is 12.1 Å². The second kappa shape index (κ2) is 9.80. The lowest BCUT2D eigenvalue weighted by atomic mass is 10.1. The summed E-state index contributed by atoms with van der Waals surface area (Å²) < 4.78 is 12.1. The summed E-state index contributed by atoms with van der Waals surface area (Å²) in [5.74, 6) is 1.39. The monoisotopic (exact) mass is 476 g/mol. The van der Waals surface area contributed by atoms with Crippen molar-refractivity contribution in [2.24, 2.45) is 9.98 Å². The van der Waals surface area contributed by atoms with E-state index in [9.17, 15) is 0 Å². The van der Waals surface area contributed by atoms with E-state index in [1.165, 1.54) is 11.1 Å². The summed E-state index contributed by atoms with van der Waals surface area (Å²) >= 11 is 1.69. The number of hydrogen-bond donors (Lipinski definition) is 0. The molecule has 2 aliphatic rings. The summed E-state index contributed by atoms with van der Waals surface area (Å²) in [6, 6.07) is 37.2. The van der Waals surface area contributed by atoms with E-state index in [1.54, 1.807) is 11.8 Å². The molecule has 4 aromatic carbocycles. The van der Waals surface area contributed by atoms with Crippen molar-refractivity contribution in [2.75, 3.05) is 13.2 Å². The van der Waals surface area contributed by atoms with Crippen molar-refractivity contribution in [3.05, 3.63) is 131 Å². The maximum absolute atomic E-state index is 6.07. The van der Waals surface area contributed by atoms with Crippen LogP contribution in [0.3, 0.4) is 0 Å². The van der Waals surface area contributed by atoms with Crippen LogP contribution in [0.5, 0.6) is 0 Å². The van der Waals surface area contributed by atoms with Gasteiger partial charge in [0.2, 0.25) is 11.8 Å². The molecule has 6 rings (SSSR count). The van der Waals surface area contributed by atoms with Crippen molar-refractivity contribution < 1.29 is 9.47 Å². The maximum atomic E-state index is 6.07. The molecule has 0 amide bonds. The lowest BCUT2D eigenvalue weighted by molar-refractivity contribution is 0.319. The Bertz CT molecular complexity index is 1280. The van der Waals surface area contributed by atoms with Crippen LogP contribution in [-0.2, 0) is 9.47 Å². The zero-order valence-corrected chi connectivity index (χ0v) is 19.9. The lowest BCUT2D eigenvalue weighted by Gasteiger charge is -2.12. The molecule has 0 aromatic heterocycles. The largest absolute Gasteiger partial charge is 0.475 e. The number of hydrogen-bond acceptors (Lipinski definition) is 5. The van der Waals surface area contributed by atoms with Crippen molar-refractivity contribution in [1.82, 2.24) is 0 Å². The van der Waals surface area contributed by atoms with E-state index in [0.717, 1.165) is 20.9 Å². The molecular formula is C30H24N2O2S. The third-order valence-corrected chi connectivity index (χ3v) is 7.28. The van der Waals surface area contributed by atoms with Crippen LogP contribution in [0, 0.1) is 0 Å². The van der Waals surface area contributed by atoms with E-state index in [2.05, 4.69) is 48.5 Å². The van der Waals surface area contributed by atoms with Crippen LogP contribution in [0.15, 0.2) is 129 Å². The van der Waals surface area contributed by atoms with Crippen LogP contribution < -0.4 is 0 Å². The summed E-state index contributed by atoms with van der Waals surface area (Å²) in [6.07, 6.45) is 0. The van der Waals surface area contributed by atoms with Crippen molar-refractivity contribution in [3.63, 3.8) is 0 Å². The second-order valence-corrected chi connectivity index (χ2v) is 9.52. The standard InChI is InChI=1S/C30H24N2O2S/c1-3-11-21(12-4-1)25-19-33-29(31-25)23-15-7-9-17-27(23)35-28-18-10-8-16-24(28)30-32-26(20-34-30)22-13-5-2-6-14-22/h1-18,25-26H,19-20H2. The number of benzene rings is 4. The minimum Gasteiger partial charge on any atom is -0.475 e. The molecule has 2 aliphatic heterocycles. The average Bonchev–Trinajstić information content (AvgIpc) is 3.61. The van der Waals surface area contributed by atoms with Gasteiger partial charge in [-0.15, -0.1) is 0 Å². The third kappa shape index (κ3) is 4.60. The fourth-order valence-electron chi connectivity index (χ4n) is 4.32. The van der Waals surface area contributed by atoms with Gasteiger partial charge in [-0.1, -0.05) is 96.7 Å². The van der Waals surface area contributed by atoms with Crippen LogP contribution in [0.4, 0.5) is 0 Å². The fourth-order valence-corrected chi connectivity index (χ4v) is 5.38. The zero-order valence-electron chi connectivity index (χ0n) is 19.1. The first-order valence-electron chi connectivity index (χ1n) is 11.7. The van der Waals surface area contributed by atoms with Gasteiger partial charge >= 0.3 is 0 Å². The molecule has 0 fully saturated rings. The van der Waals surface area contributed by atoms with Crippen molar-refractivity contribution in [3.8, 4) is 0 Å². The number of ether oxygens (including phenoxy) is 2. The summed E-state index contributed by atoms with van der Waals surface area (Å²) in [4.78, 5) is 12.0. The molecular weight excluding hydrogens is 452 g/mol. The highest BCUT2D eigenvalue weighted by atomic mass is 32.2. The normalized spacial score (nSPS) is 19.0. The highest BCUT2D eigenvalue weighted by molar-refractivity contribution is 7.99. The molecule has 4 nitrogen and oxygen atoms in total. The van der Waals surface area contributed by atoms with Crippen molar-refractivity contribution >= 4 is 23.6 Å². The Hall–Kier alpha value is -3.83. The Labute approximate surface area is 209 Å². The van der Waals surface area contributed by atoms with Crippen LogP contribution in [0.2, 0.25) is 0 Å². The van der Waals surface area contributed by atoms with Crippen LogP contribution >= 0.6 is 11.8 Å². The summed E-state index contributed by atoms with van der Waals surface area (Å²) in [5.41, 5.74) is 4.34. The molecule has 0 saturated carbocycles. The molecule has 0 bridgehead atoms. The SMILES string of the molecule is c1ccc(C2COC(c3ccccc3Sc3ccccc3C3=NC(c4ccccc4)CO3)=N2)cc1. The number of nitrogens with zero attached hydrogens (tertiary/aromatic N) is 2. The Kier molecular flexibility index (Phi) is 6.07. The minimum absolute atomic E-state index is 0.0210. The molecule has 0 aliphatic carbocycles. The van der Waals surface area contributed by atoms with Gasteiger partial charge in [-0.25, -0.2) is 9.98 Å². The van der Waals surface area contributed by atoms with Crippen molar-refractivity contribution in [1.29, 1.82) is 0 Å². The first kappa shape index (κ1) is 21.7. The molecule has 0 N–H and O–H groups in total. The smallest absolute Gasteiger partial charge is 0.218 e. The van der Waals surface area contributed by atoms with Gasteiger partial charge < -0.3 is 9.47 Å². The number of rotatable bonds is 6. The topological polar surface area (TPSA) is 43.2 Å². The van der Waals surface area contributed by atoms with Crippen LogP contribution in [-0.4, -0.2) is 25.0 Å². The molecule has 0 radical (unpaired) electrons. The second-order valence-electron chi connectivity index (χ2n) is 8.44. The van der Waals surface area contributed by atoms with E-state index in [4.69, 9.17) is 19.5 Å². The molecule has 172 valence electrons. The first-order chi connectivity index (χ1) is 17.3. The Morgan fingerprint density at radius 2 is 0.914 bits per heavy atom. The Morgan fingerprint density at radius 3 is 1.37 bits per heavy atom. The lowest BCUT2D eigenvalue weighted by Crippen LogP contribution is -2.05. The molecule has 2 heterocycles. The van der Waals surface area contributed by atoms with Gasteiger partial charge in [0.05, 0.1) is 11.1 Å². The molecule has 2 atom stereocenters. The van der Waals surface area contributed by atoms with Gasteiger partial charge in [0.15, 0.2) is 0 Å². The predicted molar refractivity (Wildman–Crippen MR) is 140 cm³/mol. The molecule has 4 aromatic rings. The predicted octanol–water partition coefficient (Wildman–Crippen LogP) is 6.87. The fraction of sp³-hybridized carbons (Fsp3) is 0.133. The van der Waals surface area contributed by atoms with Gasteiger partial charge in [-0.3, -0.25) is 0 Å². The summed E-state index contributed by atoms with van der Waals surface area (Å²) in [5, 5.41) is 0. The van der Waals surface area contributed by atoms with Gasteiger partial charge in [0.25, 0.3) is 0 Å². The highest BCUT2D eigenvalue weighted by Gasteiger charge is 2.26.